The highest BCUT2D eigenvalue weighted by atomic mass is 16.4. The van der Waals surface area contributed by atoms with Crippen molar-refractivity contribution in [2.75, 3.05) is 18.1 Å². The number of nitrogens with zero attached hydrogens (tertiary/aromatic N) is 1. The van der Waals surface area contributed by atoms with Crippen LogP contribution in [0.25, 0.3) is 0 Å². The molecule has 1 aromatic carbocycles. The van der Waals surface area contributed by atoms with E-state index in [1.54, 1.807) is 0 Å². The average molecular weight is 292 g/mol. The quantitative estimate of drug-likeness (QED) is 0.707. The van der Waals surface area contributed by atoms with Gasteiger partial charge in [0.1, 0.15) is 6.04 Å². The van der Waals surface area contributed by atoms with Gasteiger partial charge in [0.05, 0.1) is 12.2 Å². The molecule has 1 aliphatic heterocycles. The summed E-state index contributed by atoms with van der Waals surface area (Å²) >= 11 is 0. The van der Waals surface area contributed by atoms with Crippen LogP contribution >= 0.6 is 0 Å². The van der Waals surface area contributed by atoms with Gasteiger partial charge in [0.25, 0.3) is 0 Å². The van der Waals surface area contributed by atoms with Gasteiger partial charge in [-0.05, 0) is 30.7 Å². The molecule has 0 saturated carbocycles. The predicted octanol–water partition coefficient (Wildman–Crippen LogP) is -0.0113. The number of amides is 2. The Morgan fingerprint density at radius 2 is 1.95 bits per heavy atom. The molecule has 1 heterocycles. The smallest absolute Gasteiger partial charge is 0.335 e. The van der Waals surface area contributed by atoms with Gasteiger partial charge >= 0.3 is 5.97 Å². The molecule has 1 aromatic rings. The molecule has 7 nitrogen and oxygen atoms in total. The summed E-state index contributed by atoms with van der Waals surface area (Å²) < 4.78 is 0. The highest BCUT2D eigenvalue weighted by Gasteiger charge is 2.31. The largest absolute Gasteiger partial charge is 0.478 e. The van der Waals surface area contributed by atoms with Crippen LogP contribution < -0.4 is 10.2 Å². The summed E-state index contributed by atoms with van der Waals surface area (Å²) in [6, 6.07) is 5.20. The molecular weight excluding hydrogens is 276 g/mol. The number of aliphatic hydroxyl groups is 1. The second kappa shape index (κ2) is 6.36. The van der Waals surface area contributed by atoms with Crippen LogP contribution in [0, 0.1) is 0 Å². The van der Waals surface area contributed by atoms with E-state index in [0.29, 0.717) is 18.5 Å². The number of carboxylic acids is 1. The summed E-state index contributed by atoms with van der Waals surface area (Å²) in [5, 5.41) is 20.6. The number of rotatable bonds is 5. The summed E-state index contributed by atoms with van der Waals surface area (Å²) in [7, 11) is 0. The van der Waals surface area contributed by atoms with E-state index in [1.807, 2.05) is 0 Å². The minimum absolute atomic E-state index is 0.0810. The fraction of sp³-hybridized carbons (Fsp3) is 0.357. The Kier molecular flexibility index (Phi) is 4.54. The normalized spacial score (nSPS) is 17.4. The Hall–Kier alpha value is -2.41. The highest BCUT2D eigenvalue weighted by molar-refractivity contribution is 6.01. The van der Waals surface area contributed by atoms with E-state index in [9.17, 15) is 14.4 Å². The van der Waals surface area contributed by atoms with E-state index in [4.69, 9.17) is 10.2 Å². The molecule has 0 unspecified atom stereocenters. The number of carboxylic acid groups (broad SMARTS) is 1. The van der Waals surface area contributed by atoms with Gasteiger partial charge < -0.3 is 20.4 Å². The minimum atomic E-state index is -1.05. The van der Waals surface area contributed by atoms with Gasteiger partial charge in [0.15, 0.2) is 0 Å². The number of nitrogens with one attached hydrogen (secondary N) is 1. The molecule has 0 radical (unpaired) electrons. The zero-order valence-electron chi connectivity index (χ0n) is 11.3. The lowest BCUT2D eigenvalue weighted by molar-refractivity contribution is -0.124. The first-order valence-corrected chi connectivity index (χ1v) is 6.58. The molecule has 0 aliphatic carbocycles. The fourth-order valence-corrected chi connectivity index (χ4v) is 2.24. The summed E-state index contributed by atoms with van der Waals surface area (Å²) in [6.45, 7) is -0.148. The molecule has 0 aromatic heterocycles. The van der Waals surface area contributed by atoms with Crippen molar-refractivity contribution in [1.29, 1.82) is 0 Å². The molecule has 2 rings (SSSR count). The zero-order valence-corrected chi connectivity index (χ0v) is 11.3. The lowest BCUT2D eigenvalue weighted by atomic mass is 10.1. The second-order valence-electron chi connectivity index (χ2n) is 4.72. The maximum absolute atomic E-state index is 12.4. The van der Waals surface area contributed by atoms with Crippen molar-refractivity contribution < 1.29 is 24.6 Å². The maximum atomic E-state index is 12.4. The molecule has 0 spiro atoms. The first-order chi connectivity index (χ1) is 10.0. The van der Waals surface area contributed by atoms with Gasteiger partial charge in [-0.2, -0.15) is 0 Å². The van der Waals surface area contributed by atoms with Crippen molar-refractivity contribution in [3.8, 4) is 0 Å². The summed E-state index contributed by atoms with van der Waals surface area (Å²) in [5.74, 6) is -1.53. The van der Waals surface area contributed by atoms with Crippen LogP contribution in [0.3, 0.4) is 0 Å². The van der Waals surface area contributed by atoms with Crippen molar-refractivity contribution in [2.45, 2.75) is 18.9 Å². The van der Waals surface area contributed by atoms with Crippen LogP contribution in [0.2, 0.25) is 0 Å². The molecule has 2 amide bonds. The zero-order chi connectivity index (χ0) is 15.4. The van der Waals surface area contributed by atoms with Crippen LogP contribution in [0.4, 0.5) is 5.69 Å². The molecule has 1 aliphatic rings. The topological polar surface area (TPSA) is 107 Å². The molecule has 112 valence electrons. The third-order valence-electron chi connectivity index (χ3n) is 3.31. The van der Waals surface area contributed by atoms with E-state index >= 15 is 0 Å². The lowest BCUT2D eigenvalue weighted by Gasteiger charge is -2.25. The molecule has 21 heavy (non-hydrogen) atoms. The highest BCUT2D eigenvalue weighted by Crippen LogP contribution is 2.19. The number of benzene rings is 1. The van der Waals surface area contributed by atoms with Crippen LogP contribution in [-0.4, -0.2) is 47.2 Å². The summed E-state index contributed by atoms with van der Waals surface area (Å²) in [5.41, 5.74) is 0.601. The number of anilines is 1. The predicted molar refractivity (Wildman–Crippen MR) is 74.0 cm³/mol. The summed E-state index contributed by atoms with van der Waals surface area (Å²) in [6.07, 6.45) is 0.730. The third-order valence-corrected chi connectivity index (χ3v) is 3.31. The standard InChI is InChI=1S/C14H16N2O5/c17-8-7-16(13(19)11-5-6-12(18)15-11)10-3-1-9(2-4-10)14(20)21/h1-4,11,17H,5-8H2,(H,15,18)(H,20,21)/t11-/m0/s1. The Morgan fingerprint density at radius 3 is 2.43 bits per heavy atom. The van der Waals surface area contributed by atoms with E-state index < -0.39 is 12.0 Å². The molecular formula is C14H16N2O5. The lowest BCUT2D eigenvalue weighted by Crippen LogP contribution is -2.45. The van der Waals surface area contributed by atoms with Crippen molar-refractivity contribution in [2.24, 2.45) is 0 Å². The molecule has 0 bridgehead atoms. The molecule has 7 heteroatoms. The molecule has 1 fully saturated rings. The van der Waals surface area contributed by atoms with Crippen molar-refractivity contribution in [3.05, 3.63) is 29.8 Å². The molecule has 3 N–H and O–H groups in total. The van der Waals surface area contributed by atoms with E-state index in [1.165, 1.54) is 29.2 Å². The fourth-order valence-electron chi connectivity index (χ4n) is 2.24. The van der Waals surface area contributed by atoms with Crippen molar-refractivity contribution in [3.63, 3.8) is 0 Å². The minimum Gasteiger partial charge on any atom is -0.478 e. The van der Waals surface area contributed by atoms with Crippen LogP contribution in [0.15, 0.2) is 24.3 Å². The van der Waals surface area contributed by atoms with Gasteiger partial charge in [-0.1, -0.05) is 0 Å². The van der Waals surface area contributed by atoms with E-state index in [2.05, 4.69) is 5.32 Å². The monoisotopic (exact) mass is 292 g/mol. The van der Waals surface area contributed by atoms with E-state index in [0.717, 1.165) is 0 Å². The van der Waals surface area contributed by atoms with Gasteiger partial charge in [-0.15, -0.1) is 0 Å². The Bertz CT molecular complexity index is 555. The van der Waals surface area contributed by atoms with Crippen LogP contribution in [0.5, 0.6) is 0 Å². The number of aliphatic hydroxyl groups excluding tert-OH is 1. The second-order valence-corrected chi connectivity index (χ2v) is 4.72. The Labute approximate surface area is 121 Å². The van der Waals surface area contributed by atoms with Gasteiger partial charge in [0, 0.05) is 18.7 Å². The summed E-state index contributed by atoms with van der Waals surface area (Å²) in [4.78, 5) is 35.8. The number of hydrogen-bond acceptors (Lipinski definition) is 4. The van der Waals surface area contributed by atoms with Crippen molar-refractivity contribution >= 4 is 23.5 Å². The van der Waals surface area contributed by atoms with Crippen LogP contribution in [0.1, 0.15) is 23.2 Å². The Morgan fingerprint density at radius 1 is 1.29 bits per heavy atom. The average Bonchev–Trinajstić information content (AvgIpc) is 2.91. The van der Waals surface area contributed by atoms with Gasteiger partial charge in [-0.3, -0.25) is 9.59 Å². The SMILES string of the molecule is O=C1CC[C@@H](C(=O)N(CCO)c2ccc(C(=O)O)cc2)N1. The van der Waals surface area contributed by atoms with Gasteiger partial charge in [0.2, 0.25) is 11.8 Å². The number of aromatic carboxylic acids is 1. The van der Waals surface area contributed by atoms with Crippen molar-refractivity contribution in [1.82, 2.24) is 5.32 Å². The number of hydrogen-bond donors (Lipinski definition) is 3. The third kappa shape index (κ3) is 3.38. The van der Waals surface area contributed by atoms with Gasteiger partial charge in [-0.25, -0.2) is 4.79 Å². The first-order valence-electron chi connectivity index (χ1n) is 6.58. The molecule has 1 saturated heterocycles. The number of carbonyl (C=O) groups excluding carboxylic acids is 2. The molecule has 1 atom stereocenters. The van der Waals surface area contributed by atoms with Crippen LogP contribution in [-0.2, 0) is 9.59 Å². The Balaban J connectivity index is 2.19. The maximum Gasteiger partial charge on any atom is 0.335 e. The number of carbonyl (C=O) groups is 3. The first kappa shape index (κ1) is 15.0. The van der Waals surface area contributed by atoms with E-state index in [-0.39, 0.29) is 30.5 Å².